The lowest BCUT2D eigenvalue weighted by atomic mass is 10.1. The molecule has 0 aliphatic heterocycles. The number of nitrogens with zero attached hydrogens (tertiary/aromatic N) is 9. The smallest absolute Gasteiger partial charge is 0.241 e. The number of rotatable bonds is 3. The number of hydrogen-bond donors (Lipinski definition) is 0. The van der Waals surface area contributed by atoms with E-state index in [0.29, 0.717) is 17.7 Å². The zero-order chi connectivity index (χ0) is 30.2. The lowest BCUT2D eigenvalue weighted by molar-refractivity contribution is 0.883. The molecule has 7 heterocycles. The van der Waals surface area contributed by atoms with Crippen molar-refractivity contribution in [2.24, 2.45) is 0 Å². The number of pyridine rings is 4. The lowest BCUT2D eigenvalue weighted by Gasteiger charge is -2.12. The minimum atomic E-state index is 0.451. The fraction of sp³-hybridized carbons (Fsp3) is 0. The molecule has 214 valence electrons. The molecule has 0 saturated heterocycles. The van der Waals surface area contributed by atoms with Crippen LogP contribution in [0.1, 0.15) is 0 Å². The summed E-state index contributed by atoms with van der Waals surface area (Å²) in [5.74, 6) is 1.39. The van der Waals surface area contributed by atoms with Gasteiger partial charge in [-0.1, -0.05) is 54.6 Å². The predicted molar refractivity (Wildman–Crippen MR) is 180 cm³/mol. The standard InChI is InChI=1S/C37H21N9/c1-3-13-29-25(9-1)27-11-6-18-39-34(27)45(29)36-42-33(24-20-23-16-15-22-8-5-17-38-31(22)32(23)41-21-24)43-37(44-36)46-30-14-4-2-10-26(30)28-12-7-19-40-35(28)46/h1-21H. The highest BCUT2D eigenvalue weighted by atomic mass is 15.3. The Labute approximate surface area is 260 Å². The first-order chi connectivity index (χ1) is 22.8. The highest BCUT2D eigenvalue weighted by Crippen LogP contribution is 2.33. The third-order valence-corrected chi connectivity index (χ3v) is 8.56. The molecule has 3 aromatic carbocycles. The Bertz CT molecular complexity index is 2590. The minimum Gasteiger partial charge on any atom is -0.262 e. The Balaban J connectivity index is 1.30. The lowest BCUT2D eigenvalue weighted by Crippen LogP contribution is -2.11. The van der Waals surface area contributed by atoms with E-state index in [1.165, 1.54) is 0 Å². The molecule has 0 aliphatic carbocycles. The number of benzene rings is 3. The highest BCUT2D eigenvalue weighted by molar-refractivity contribution is 6.09. The van der Waals surface area contributed by atoms with Gasteiger partial charge >= 0.3 is 0 Å². The summed E-state index contributed by atoms with van der Waals surface area (Å²) < 4.78 is 4.01. The summed E-state index contributed by atoms with van der Waals surface area (Å²) in [6.45, 7) is 0. The van der Waals surface area contributed by atoms with Crippen LogP contribution >= 0.6 is 0 Å². The third-order valence-electron chi connectivity index (χ3n) is 8.56. The molecule has 10 rings (SSSR count). The molecule has 0 unspecified atom stereocenters. The van der Waals surface area contributed by atoms with Gasteiger partial charge in [0.1, 0.15) is 11.3 Å². The van der Waals surface area contributed by atoms with Crippen molar-refractivity contribution in [2.75, 3.05) is 0 Å². The van der Waals surface area contributed by atoms with Crippen LogP contribution in [0.3, 0.4) is 0 Å². The molecule has 0 fully saturated rings. The molecule has 9 nitrogen and oxygen atoms in total. The van der Waals surface area contributed by atoms with E-state index >= 15 is 0 Å². The maximum absolute atomic E-state index is 5.14. The molecule has 7 aromatic heterocycles. The number of hydrogen-bond acceptors (Lipinski definition) is 7. The Morgan fingerprint density at radius 3 is 1.65 bits per heavy atom. The SMILES string of the molecule is c1cnc2c(c1)ccc1cc(-c3nc(-n4c5ccccc5c5cccnc54)nc(-n4c5ccccc5c5cccnc54)n3)cnc12. The first-order valence-corrected chi connectivity index (χ1v) is 14.9. The van der Waals surface area contributed by atoms with Crippen LogP contribution in [0.5, 0.6) is 0 Å². The van der Waals surface area contributed by atoms with Gasteiger partial charge in [0.05, 0.1) is 22.1 Å². The van der Waals surface area contributed by atoms with Crippen LogP contribution in [0.15, 0.2) is 128 Å². The molecule has 0 saturated carbocycles. The largest absolute Gasteiger partial charge is 0.262 e. The minimum absolute atomic E-state index is 0.451. The van der Waals surface area contributed by atoms with E-state index in [1.54, 1.807) is 18.6 Å². The van der Waals surface area contributed by atoms with E-state index in [4.69, 9.17) is 29.9 Å². The van der Waals surface area contributed by atoms with E-state index in [0.717, 1.165) is 71.2 Å². The van der Waals surface area contributed by atoms with Crippen LogP contribution < -0.4 is 0 Å². The summed E-state index contributed by atoms with van der Waals surface area (Å²) in [6.07, 6.45) is 7.20. The molecule has 0 radical (unpaired) electrons. The van der Waals surface area contributed by atoms with Gasteiger partial charge in [0.15, 0.2) is 5.82 Å². The van der Waals surface area contributed by atoms with Crippen LogP contribution in [0.25, 0.3) is 89.0 Å². The van der Waals surface area contributed by atoms with Crippen molar-refractivity contribution >= 4 is 65.7 Å². The van der Waals surface area contributed by atoms with Gasteiger partial charge in [-0.2, -0.15) is 15.0 Å². The summed E-state index contributed by atoms with van der Waals surface area (Å²) in [4.78, 5) is 34.4. The molecular weight excluding hydrogens is 570 g/mol. The van der Waals surface area contributed by atoms with Gasteiger partial charge in [-0.05, 0) is 48.5 Å². The highest BCUT2D eigenvalue weighted by Gasteiger charge is 2.21. The summed E-state index contributed by atoms with van der Waals surface area (Å²) in [6, 6.07) is 34.7. The normalized spacial score (nSPS) is 11.9. The van der Waals surface area contributed by atoms with Gasteiger partial charge in [-0.25, -0.2) is 9.97 Å². The third kappa shape index (κ3) is 3.53. The van der Waals surface area contributed by atoms with Crippen LogP contribution in [-0.2, 0) is 0 Å². The molecule has 0 aliphatic rings. The van der Waals surface area contributed by atoms with Crippen LogP contribution in [0, 0.1) is 0 Å². The molecule has 9 heteroatoms. The van der Waals surface area contributed by atoms with Crippen molar-refractivity contribution in [1.29, 1.82) is 0 Å². The first kappa shape index (κ1) is 24.8. The summed E-state index contributed by atoms with van der Waals surface area (Å²) in [7, 11) is 0. The fourth-order valence-corrected chi connectivity index (χ4v) is 6.54. The Kier molecular flexibility index (Phi) is 5.09. The van der Waals surface area contributed by atoms with E-state index in [2.05, 4.69) is 59.6 Å². The maximum Gasteiger partial charge on any atom is 0.241 e. The monoisotopic (exact) mass is 591 g/mol. The van der Waals surface area contributed by atoms with E-state index in [-0.39, 0.29) is 0 Å². The van der Waals surface area contributed by atoms with Crippen LogP contribution in [0.4, 0.5) is 0 Å². The quantitative estimate of drug-likeness (QED) is 0.195. The molecule has 0 N–H and O–H groups in total. The van der Waals surface area contributed by atoms with Gasteiger partial charge < -0.3 is 0 Å². The second-order valence-electron chi connectivity index (χ2n) is 11.1. The Morgan fingerprint density at radius 1 is 0.435 bits per heavy atom. The van der Waals surface area contributed by atoms with E-state index in [9.17, 15) is 0 Å². The molecular formula is C37H21N9. The van der Waals surface area contributed by atoms with Crippen LogP contribution in [-0.4, -0.2) is 44.0 Å². The average molecular weight is 592 g/mol. The second kappa shape index (κ2) is 9.44. The maximum atomic E-state index is 5.14. The van der Waals surface area contributed by atoms with Gasteiger partial charge in [0, 0.05) is 62.7 Å². The van der Waals surface area contributed by atoms with Gasteiger partial charge in [-0.3, -0.25) is 19.1 Å². The summed E-state index contributed by atoms with van der Waals surface area (Å²) in [5.41, 5.74) is 5.88. The van der Waals surface area contributed by atoms with E-state index in [1.807, 2.05) is 63.9 Å². The molecule has 0 atom stereocenters. The molecule has 10 aromatic rings. The molecule has 46 heavy (non-hydrogen) atoms. The van der Waals surface area contributed by atoms with E-state index < -0.39 is 0 Å². The zero-order valence-electron chi connectivity index (χ0n) is 24.1. The molecule has 0 bridgehead atoms. The van der Waals surface area contributed by atoms with Gasteiger partial charge in [0.25, 0.3) is 0 Å². The topological polar surface area (TPSA) is 100 Å². The zero-order valence-corrected chi connectivity index (χ0v) is 24.1. The first-order valence-electron chi connectivity index (χ1n) is 14.9. The van der Waals surface area contributed by atoms with Gasteiger partial charge in [-0.15, -0.1) is 0 Å². The second-order valence-corrected chi connectivity index (χ2v) is 11.1. The van der Waals surface area contributed by atoms with Gasteiger partial charge in [0.2, 0.25) is 11.9 Å². The number of para-hydroxylation sites is 2. The molecule has 0 amide bonds. The fourth-order valence-electron chi connectivity index (χ4n) is 6.54. The summed E-state index contributed by atoms with van der Waals surface area (Å²) >= 11 is 0. The Hall–Kier alpha value is -6.61. The Morgan fingerprint density at radius 2 is 0.978 bits per heavy atom. The summed E-state index contributed by atoms with van der Waals surface area (Å²) in [5, 5.41) is 6.17. The van der Waals surface area contributed by atoms with Crippen molar-refractivity contribution in [3.8, 4) is 23.3 Å². The van der Waals surface area contributed by atoms with Crippen molar-refractivity contribution in [3.63, 3.8) is 0 Å². The van der Waals surface area contributed by atoms with Crippen molar-refractivity contribution in [2.45, 2.75) is 0 Å². The van der Waals surface area contributed by atoms with Crippen LogP contribution in [0.2, 0.25) is 0 Å². The average Bonchev–Trinajstić information content (AvgIpc) is 3.64. The van der Waals surface area contributed by atoms with Crippen molar-refractivity contribution in [1.82, 2.24) is 44.0 Å². The predicted octanol–water partition coefficient (Wildman–Crippen LogP) is 7.62. The number of aromatic nitrogens is 9. The number of fused-ring (bicyclic) bond motifs is 9. The van der Waals surface area contributed by atoms with Crippen molar-refractivity contribution in [3.05, 3.63) is 128 Å². The van der Waals surface area contributed by atoms with Crippen molar-refractivity contribution < 1.29 is 0 Å². The molecule has 0 spiro atoms.